The largest absolute Gasteiger partial charge is 0.352 e. The van der Waals surface area contributed by atoms with Crippen molar-refractivity contribution in [1.29, 1.82) is 0 Å². The van der Waals surface area contributed by atoms with E-state index in [1.54, 1.807) is 0 Å². The monoisotopic (exact) mass is 291 g/mol. The van der Waals surface area contributed by atoms with Crippen molar-refractivity contribution in [1.82, 2.24) is 5.32 Å². The molecule has 1 aromatic rings. The molecule has 88 valence electrons. The standard InChI is InChI=1S/C11H12BrF2NO/c1-7(5-12)6-15-11(16)8-2-9(13)4-10(14)3-8/h2-4,7H,5-6H2,1H3,(H,15,16). The topological polar surface area (TPSA) is 29.1 Å². The van der Waals surface area contributed by atoms with E-state index >= 15 is 0 Å². The second kappa shape index (κ2) is 5.94. The summed E-state index contributed by atoms with van der Waals surface area (Å²) in [5.74, 6) is -1.70. The lowest BCUT2D eigenvalue weighted by atomic mass is 10.2. The molecule has 5 heteroatoms. The number of hydrogen-bond acceptors (Lipinski definition) is 1. The maximum Gasteiger partial charge on any atom is 0.251 e. The van der Waals surface area contributed by atoms with Crippen molar-refractivity contribution in [3.8, 4) is 0 Å². The number of carbonyl (C=O) groups excluding carboxylic acids is 1. The molecule has 0 radical (unpaired) electrons. The van der Waals surface area contributed by atoms with Crippen molar-refractivity contribution in [3.63, 3.8) is 0 Å². The number of rotatable bonds is 4. The van der Waals surface area contributed by atoms with Crippen LogP contribution in [0.3, 0.4) is 0 Å². The van der Waals surface area contributed by atoms with Crippen LogP contribution in [0.1, 0.15) is 17.3 Å². The third-order valence-corrected chi connectivity index (χ3v) is 3.10. The van der Waals surface area contributed by atoms with E-state index < -0.39 is 17.5 Å². The van der Waals surface area contributed by atoms with E-state index in [0.29, 0.717) is 6.54 Å². The Bertz CT molecular complexity index is 364. The van der Waals surface area contributed by atoms with Gasteiger partial charge in [-0.3, -0.25) is 4.79 Å². The van der Waals surface area contributed by atoms with Crippen LogP contribution >= 0.6 is 15.9 Å². The lowest BCUT2D eigenvalue weighted by molar-refractivity contribution is 0.0948. The van der Waals surface area contributed by atoms with Crippen LogP contribution in [0.15, 0.2) is 18.2 Å². The molecule has 0 saturated heterocycles. The van der Waals surface area contributed by atoms with Crippen LogP contribution in [0.25, 0.3) is 0 Å². The molecular weight excluding hydrogens is 280 g/mol. The molecule has 1 unspecified atom stereocenters. The molecule has 0 saturated carbocycles. The van der Waals surface area contributed by atoms with Crippen molar-refractivity contribution < 1.29 is 13.6 Å². The summed E-state index contributed by atoms with van der Waals surface area (Å²) < 4.78 is 25.7. The first-order valence-electron chi connectivity index (χ1n) is 4.83. The first kappa shape index (κ1) is 13.1. The molecule has 0 aliphatic heterocycles. The molecule has 0 aliphatic rings. The van der Waals surface area contributed by atoms with Crippen LogP contribution < -0.4 is 5.32 Å². The zero-order valence-corrected chi connectivity index (χ0v) is 10.4. The van der Waals surface area contributed by atoms with Gasteiger partial charge in [0.25, 0.3) is 5.91 Å². The number of hydrogen-bond donors (Lipinski definition) is 1. The summed E-state index contributed by atoms with van der Waals surface area (Å²) in [7, 11) is 0. The third-order valence-electron chi connectivity index (χ3n) is 2.00. The average Bonchev–Trinajstić information content (AvgIpc) is 2.23. The van der Waals surface area contributed by atoms with E-state index in [0.717, 1.165) is 23.5 Å². The quantitative estimate of drug-likeness (QED) is 0.849. The molecule has 0 heterocycles. The highest BCUT2D eigenvalue weighted by Crippen LogP contribution is 2.08. The minimum atomic E-state index is -0.751. The smallest absolute Gasteiger partial charge is 0.251 e. The summed E-state index contributed by atoms with van der Waals surface area (Å²) in [6, 6.07) is 2.76. The second-order valence-electron chi connectivity index (χ2n) is 3.63. The fourth-order valence-corrected chi connectivity index (χ4v) is 1.34. The SMILES string of the molecule is CC(CBr)CNC(=O)c1cc(F)cc(F)c1. The van der Waals surface area contributed by atoms with Crippen molar-refractivity contribution in [2.75, 3.05) is 11.9 Å². The highest BCUT2D eigenvalue weighted by molar-refractivity contribution is 9.09. The lowest BCUT2D eigenvalue weighted by Gasteiger charge is -2.09. The maximum atomic E-state index is 12.8. The molecule has 1 atom stereocenters. The van der Waals surface area contributed by atoms with Gasteiger partial charge in [0.2, 0.25) is 0 Å². The Labute approximate surface area is 101 Å². The minimum Gasteiger partial charge on any atom is -0.352 e. The Morgan fingerprint density at radius 1 is 1.38 bits per heavy atom. The van der Waals surface area contributed by atoms with Crippen LogP contribution in [-0.4, -0.2) is 17.8 Å². The van der Waals surface area contributed by atoms with Crippen LogP contribution in [0, 0.1) is 17.6 Å². The molecule has 0 spiro atoms. The van der Waals surface area contributed by atoms with E-state index in [9.17, 15) is 13.6 Å². The summed E-state index contributed by atoms with van der Waals surface area (Å²) >= 11 is 3.27. The molecule has 1 amide bonds. The van der Waals surface area contributed by atoms with E-state index in [1.165, 1.54) is 0 Å². The van der Waals surface area contributed by atoms with Gasteiger partial charge in [-0.1, -0.05) is 22.9 Å². The van der Waals surface area contributed by atoms with Gasteiger partial charge >= 0.3 is 0 Å². The van der Waals surface area contributed by atoms with Gasteiger partial charge in [-0.25, -0.2) is 8.78 Å². The van der Waals surface area contributed by atoms with Crippen LogP contribution in [0.4, 0.5) is 8.78 Å². The molecule has 0 bridgehead atoms. The molecule has 0 aliphatic carbocycles. The summed E-state index contributed by atoms with van der Waals surface area (Å²) in [6.45, 7) is 2.41. The molecule has 16 heavy (non-hydrogen) atoms. The van der Waals surface area contributed by atoms with Gasteiger partial charge in [0, 0.05) is 23.5 Å². The maximum absolute atomic E-state index is 12.8. The number of amides is 1. The van der Waals surface area contributed by atoms with Crippen molar-refractivity contribution >= 4 is 21.8 Å². The summed E-state index contributed by atoms with van der Waals surface area (Å²) in [6.07, 6.45) is 0. The first-order chi connectivity index (χ1) is 7.52. The normalized spacial score (nSPS) is 12.2. The predicted molar refractivity (Wildman–Crippen MR) is 61.6 cm³/mol. The minimum absolute atomic E-state index is 0.000674. The highest BCUT2D eigenvalue weighted by atomic mass is 79.9. The molecule has 1 N–H and O–H groups in total. The molecule has 1 aromatic carbocycles. The number of alkyl halides is 1. The van der Waals surface area contributed by atoms with Crippen molar-refractivity contribution in [2.45, 2.75) is 6.92 Å². The highest BCUT2D eigenvalue weighted by Gasteiger charge is 2.09. The van der Waals surface area contributed by atoms with E-state index in [4.69, 9.17) is 0 Å². The molecule has 2 nitrogen and oxygen atoms in total. The zero-order valence-electron chi connectivity index (χ0n) is 8.77. The number of benzene rings is 1. The Morgan fingerprint density at radius 3 is 2.44 bits per heavy atom. The zero-order chi connectivity index (χ0) is 12.1. The van der Waals surface area contributed by atoms with E-state index in [-0.39, 0.29) is 11.5 Å². The molecule has 0 aromatic heterocycles. The Hall–Kier alpha value is -0.970. The van der Waals surface area contributed by atoms with Crippen LogP contribution in [0.5, 0.6) is 0 Å². The first-order valence-corrected chi connectivity index (χ1v) is 5.95. The van der Waals surface area contributed by atoms with Gasteiger partial charge in [0.05, 0.1) is 0 Å². The van der Waals surface area contributed by atoms with Crippen LogP contribution in [-0.2, 0) is 0 Å². The Morgan fingerprint density at radius 2 is 1.94 bits per heavy atom. The van der Waals surface area contributed by atoms with Gasteiger partial charge in [-0.2, -0.15) is 0 Å². The summed E-state index contributed by atoms with van der Waals surface area (Å²) in [5, 5.41) is 3.36. The molecule has 0 fully saturated rings. The van der Waals surface area contributed by atoms with Gasteiger partial charge in [-0.15, -0.1) is 0 Å². The van der Waals surface area contributed by atoms with Crippen LogP contribution in [0.2, 0.25) is 0 Å². The van der Waals surface area contributed by atoms with Gasteiger partial charge in [0.1, 0.15) is 11.6 Å². The summed E-state index contributed by atoms with van der Waals surface area (Å²) in [4.78, 5) is 11.5. The third kappa shape index (κ3) is 3.89. The van der Waals surface area contributed by atoms with E-state index in [2.05, 4.69) is 21.2 Å². The molecule has 1 rings (SSSR count). The van der Waals surface area contributed by atoms with Crippen molar-refractivity contribution in [2.24, 2.45) is 5.92 Å². The number of halogens is 3. The number of carbonyl (C=O) groups is 1. The van der Waals surface area contributed by atoms with E-state index in [1.807, 2.05) is 6.92 Å². The summed E-state index contributed by atoms with van der Waals surface area (Å²) in [5.41, 5.74) is -0.000674. The van der Waals surface area contributed by atoms with Gasteiger partial charge in [0.15, 0.2) is 0 Å². The molecular formula is C11H12BrF2NO. The Kier molecular flexibility index (Phi) is 4.86. The van der Waals surface area contributed by atoms with Crippen molar-refractivity contribution in [3.05, 3.63) is 35.4 Å². The Balaban J connectivity index is 2.66. The average molecular weight is 292 g/mol. The van der Waals surface area contributed by atoms with Gasteiger partial charge < -0.3 is 5.32 Å². The predicted octanol–water partition coefficient (Wildman–Crippen LogP) is 2.73. The van der Waals surface area contributed by atoms with Gasteiger partial charge in [-0.05, 0) is 18.1 Å². The number of nitrogens with one attached hydrogen (secondary N) is 1. The lowest BCUT2D eigenvalue weighted by Crippen LogP contribution is -2.28. The fraction of sp³-hybridized carbons (Fsp3) is 0.364. The second-order valence-corrected chi connectivity index (χ2v) is 4.28. The fourth-order valence-electron chi connectivity index (χ4n) is 1.11.